The second-order valence-electron chi connectivity index (χ2n) is 7.16. The number of nitrogens with one attached hydrogen (secondary N) is 2. The highest BCUT2D eigenvalue weighted by Crippen LogP contribution is 2.33. The maximum atomic E-state index is 11.2. The van der Waals surface area contributed by atoms with Crippen molar-refractivity contribution in [1.82, 2.24) is 9.88 Å². The normalized spacial score (nSPS) is 20.4. The lowest BCUT2D eigenvalue weighted by molar-refractivity contribution is -0.118. The first-order valence-corrected chi connectivity index (χ1v) is 11.6. The summed E-state index contributed by atoms with van der Waals surface area (Å²) in [6.07, 6.45) is 0. The van der Waals surface area contributed by atoms with Crippen molar-refractivity contribution in [3.8, 4) is 5.75 Å². The summed E-state index contributed by atoms with van der Waals surface area (Å²) in [5.74, 6) is 3.19. The lowest BCUT2D eigenvalue weighted by Crippen LogP contribution is -2.37. The molecule has 2 aliphatic heterocycles. The van der Waals surface area contributed by atoms with Crippen LogP contribution in [0, 0.1) is 0 Å². The number of H-pyrrole nitrogens is 1. The van der Waals surface area contributed by atoms with Gasteiger partial charge in [0.15, 0.2) is 5.78 Å². The van der Waals surface area contributed by atoms with Crippen LogP contribution in [0.2, 0.25) is 0 Å². The summed E-state index contributed by atoms with van der Waals surface area (Å²) < 4.78 is 5.61. The van der Waals surface area contributed by atoms with Crippen molar-refractivity contribution in [2.24, 2.45) is 4.99 Å². The average molecular weight is 419 g/mol. The second-order valence-corrected chi connectivity index (χ2v) is 9.67. The quantitative estimate of drug-likeness (QED) is 0.720. The van der Waals surface area contributed by atoms with E-state index in [-0.39, 0.29) is 12.4 Å². The van der Waals surface area contributed by atoms with Crippen LogP contribution >= 0.6 is 23.5 Å². The molecule has 1 atom stereocenters. The van der Waals surface area contributed by atoms with Gasteiger partial charge in [0.1, 0.15) is 17.4 Å². The Morgan fingerprint density at radius 2 is 2.18 bits per heavy atom. The van der Waals surface area contributed by atoms with Gasteiger partial charge in [0, 0.05) is 54.9 Å². The van der Waals surface area contributed by atoms with Gasteiger partial charge >= 0.3 is 0 Å². The zero-order chi connectivity index (χ0) is 19.5. The minimum atomic E-state index is 0.0101. The third kappa shape index (κ3) is 4.50. The number of ether oxygens (including phenoxy) is 1. The van der Waals surface area contributed by atoms with E-state index in [0.29, 0.717) is 11.0 Å². The first kappa shape index (κ1) is 19.7. The summed E-state index contributed by atoms with van der Waals surface area (Å²) in [6.45, 7) is 6.00. The standard InChI is InChI=1S/C20H26N4O2S2/c1-13(25)12-26-15-7-14-8-18(23-19(14)17(9-15)21-2)20-22-10-16(28-20)11-24-3-5-27-6-4-24/h7-9,16,21,23H,3-6,10-12H2,1-2H3. The Labute approximate surface area is 173 Å². The molecule has 2 aliphatic rings. The SMILES string of the molecule is CNc1cc(OCC(C)=O)cc2cc(C3=NCC(CN4CCSCC4)S3)[nH]c12. The lowest BCUT2D eigenvalue weighted by atomic mass is 10.2. The molecule has 1 saturated heterocycles. The van der Waals surface area contributed by atoms with E-state index < -0.39 is 0 Å². The number of carbonyl (C=O) groups is 1. The molecule has 0 saturated carbocycles. The molecule has 0 amide bonds. The number of hydrogen-bond acceptors (Lipinski definition) is 7. The summed E-state index contributed by atoms with van der Waals surface area (Å²) in [5.41, 5.74) is 3.04. The van der Waals surface area contributed by atoms with Gasteiger partial charge < -0.3 is 19.9 Å². The predicted octanol–water partition coefficient (Wildman–Crippen LogP) is 3.09. The molecule has 1 aromatic heterocycles. The lowest BCUT2D eigenvalue weighted by Gasteiger charge is -2.28. The smallest absolute Gasteiger partial charge is 0.167 e. The Hall–Kier alpha value is -1.64. The fourth-order valence-corrected chi connectivity index (χ4v) is 5.64. The highest BCUT2D eigenvalue weighted by molar-refractivity contribution is 8.15. The van der Waals surface area contributed by atoms with E-state index >= 15 is 0 Å². The Kier molecular flexibility index (Phi) is 6.18. The number of nitrogens with zero attached hydrogens (tertiary/aromatic N) is 2. The van der Waals surface area contributed by atoms with Gasteiger partial charge in [-0.15, -0.1) is 0 Å². The predicted molar refractivity (Wildman–Crippen MR) is 121 cm³/mol. The van der Waals surface area contributed by atoms with Crippen molar-refractivity contribution < 1.29 is 9.53 Å². The summed E-state index contributed by atoms with van der Waals surface area (Å²) in [6, 6.07) is 6.02. The molecule has 4 rings (SSSR count). The van der Waals surface area contributed by atoms with Crippen LogP contribution in [0.25, 0.3) is 10.9 Å². The zero-order valence-corrected chi connectivity index (χ0v) is 17.9. The summed E-state index contributed by atoms with van der Waals surface area (Å²) in [7, 11) is 1.89. The number of aromatic nitrogens is 1. The van der Waals surface area contributed by atoms with E-state index in [2.05, 4.69) is 21.3 Å². The number of anilines is 1. The first-order valence-electron chi connectivity index (χ1n) is 9.60. The van der Waals surface area contributed by atoms with Crippen LogP contribution in [-0.2, 0) is 4.79 Å². The number of aliphatic imine (C=N–C) groups is 1. The number of thioether (sulfide) groups is 2. The fourth-order valence-electron chi connectivity index (χ4n) is 3.53. The maximum Gasteiger partial charge on any atom is 0.167 e. The minimum absolute atomic E-state index is 0.0101. The van der Waals surface area contributed by atoms with Crippen molar-refractivity contribution >= 4 is 50.9 Å². The molecule has 2 aromatic rings. The van der Waals surface area contributed by atoms with Crippen LogP contribution in [0.5, 0.6) is 5.75 Å². The van der Waals surface area contributed by atoms with Gasteiger partial charge in [0.05, 0.1) is 23.4 Å². The van der Waals surface area contributed by atoms with Crippen molar-refractivity contribution in [3.63, 3.8) is 0 Å². The molecule has 3 heterocycles. The molecular weight excluding hydrogens is 392 g/mol. The molecule has 1 unspecified atom stereocenters. The number of ketones is 1. The molecule has 8 heteroatoms. The number of benzene rings is 1. The Balaban J connectivity index is 1.48. The van der Waals surface area contributed by atoms with E-state index in [1.54, 1.807) is 0 Å². The highest BCUT2D eigenvalue weighted by Gasteiger charge is 2.25. The van der Waals surface area contributed by atoms with Crippen LogP contribution in [0.3, 0.4) is 0 Å². The molecule has 2 N–H and O–H groups in total. The van der Waals surface area contributed by atoms with Crippen molar-refractivity contribution in [2.45, 2.75) is 12.2 Å². The third-order valence-corrected chi connectivity index (χ3v) is 7.07. The largest absolute Gasteiger partial charge is 0.486 e. The van der Waals surface area contributed by atoms with Crippen molar-refractivity contribution in [1.29, 1.82) is 0 Å². The zero-order valence-electron chi connectivity index (χ0n) is 16.3. The summed E-state index contributed by atoms with van der Waals surface area (Å²) in [5, 5.41) is 5.88. The maximum absolute atomic E-state index is 11.2. The van der Waals surface area contributed by atoms with Gasteiger partial charge in [-0.3, -0.25) is 9.79 Å². The van der Waals surface area contributed by atoms with Gasteiger partial charge in [-0.25, -0.2) is 0 Å². The summed E-state index contributed by atoms with van der Waals surface area (Å²) in [4.78, 5) is 22.1. The molecule has 6 nitrogen and oxygen atoms in total. The van der Waals surface area contributed by atoms with Gasteiger partial charge in [-0.05, 0) is 19.1 Å². The van der Waals surface area contributed by atoms with Crippen LogP contribution in [-0.4, -0.2) is 77.3 Å². The van der Waals surface area contributed by atoms with Gasteiger partial charge in [0.2, 0.25) is 0 Å². The number of hydrogen-bond donors (Lipinski definition) is 2. The molecule has 0 bridgehead atoms. The molecule has 0 aliphatic carbocycles. The van der Waals surface area contributed by atoms with E-state index in [1.165, 1.54) is 31.5 Å². The molecular formula is C20H26N4O2S2. The second kappa shape index (κ2) is 8.80. The number of Topliss-reactive ketones (excluding diaryl/α,β-unsaturated/α-hetero) is 1. The van der Waals surface area contributed by atoms with Gasteiger partial charge in [0.25, 0.3) is 0 Å². The van der Waals surface area contributed by atoms with E-state index in [1.807, 2.05) is 42.7 Å². The Morgan fingerprint density at radius 1 is 1.36 bits per heavy atom. The molecule has 1 aromatic carbocycles. The number of aromatic amines is 1. The number of fused-ring (bicyclic) bond motifs is 1. The first-order chi connectivity index (χ1) is 13.6. The van der Waals surface area contributed by atoms with E-state index in [9.17, 15) is 4.79 Å². The Bertz CT molecular complexity index is 890. The fraction of sp³-hybridized carbons (Fsp3) is 0.500. The number of rotatable bonds is 7. The van der Waals surface area contributed by atoms with Crippen molar-refractivity contribution in [2.75, 3.05) is 56.7 Å². The van der Waals surface area contributed by atoms with Crippen LogP contribution in [0.15, 0.2) is 23.2 Å². The topological polar surface area (TPSA) is 69.7 Å². The molecule has 0 spiro atoms. The molecule has 0 radical (unpaired) electrons. The van der Waals surface area contributed by atoms with E-state index in [0.717, 1.165) is 40.4 Å². The molecule has 150 valence electrons. The monoisotopic (exact) mass is 418 g/mol. The molecule has 28 heavy (non-hydrogen) atoms. The number of carbonyl (C=O) groups excluding carboxylic acids is 1. The van der Waals surface area contributed by atoms with Crippen LogP contribution in [0.4, 0.5) is 5.69 Å². The van der Waals surface area contributed by atoms with Gasteiger partial charge in [-0.1, -0.05) is 11.8 Å². The Morgan fingerprint density at radius 3 is 2.93 bits per heavy atom. The van der Waals surface area contributed by atoms with Crippen LogP contribution in [0.1, 0.15) is 12.6 Å². The van der Waals surface area contributed by atoms with E-state index in [4.69, 9.17) is 9.73 Å². The highest BCUT2D eigenvalue weighted by atomic mass is 32.2. The molecule has 1 fully saturated rings. The minimum Gasteiger partial charge on any atom is -0.486 e. The van der Waals surface area contributed by atoms with Crippen molar-refractivity contribution in [3.05, 3.63) is 23.9 Å². The average Bonchev–Trinajstić information content (AvgIpc) is 3.33. The van der Waals surface area contributed by atoms with Crippen LogP contribution < -0.4 is 10.1 Å². The van der Waals surface area contributed by atoms with Gasteiger partial charge in [-0.2, -0.15) is 11.8 Å². The summed E-state index contributed by atoms with van der Waals surface area (Å²) >= 11 is 3.93. The third-order valence-electron chi connectivity index (χ3n) is 4.93.